The topological polar surface area (TPSA) is 38.8 Å². The van der Waals surface area contributed by atoms with E-state index in [1.807, 2.05) is 31.2 Å². The molecular formula is C20H23NO3. The summed E-state index contributed by atoms with van der Waals surface area (Å²) in [4.78, 5) is 13.9. The predicted octanol–water partition coefficient (Wildman–Crippen LogP) is 3.43. The molecule has 0 atom stereocenters. The van der Waals surface area contributed by atoms with Gasteiger partial charge in [-0.05, 0) is 54.3 Å². The molecular weight excluding hydrogens is 302 g/mol. The molecule has 0 amide bonds. The SMILES string of the molecule is CCOc1ccc2c(c1)CN(Cc1ccc(C(=O)OC)cc1)CC2. The second-order valence-electron chi connectivity index (χ2n) is 6.01. The molecule has 0 radical (unpaired) electrons. The summed E-state index contributed by atoms with van der Waals surface area (Å²) in [5.41, 5.74) is 4.55. The summed E-state index contributed by atoms with van der Waals surface area (Å²) in [5, 5.41) is 0. The Hall–Kier alpha value is -2.33. The van der Waals surface area contributed by atoms with Gasteiger partial charge in [-0.25, -0.2) is 4.79 Å². The maximum atomic E-state index is 11.5. The third-order valence-corrected chi connectivity index (χ3v) is 4.36. The molecule has 24 heavy (non-hydrogen) atoms. The van der Waals surface area contributed by atoms with Gasteiger partial charge in [0.1, 0.15) is 5.75 Å². The zero-order valence-corrected chi connectivity index (χ0v) is 14.2. The number of carbonyl (C=O) groups is 1. The van der Waals surface area contributed by atoms with Gasteiger partial charge in [-0.3, -0.25) is 4.90 Å². The van der Waals surface area contributed by atoms with Crippen LogP contribution in [0, 0.1) is 0 Å². The van der Waals surface area contributed by atoms with Gasteiger partial charge < -0.3 is 9.47 Å². The van der Waals surface area contributed by atoms with Crippen molar-refractivity contribution in [1.29, 1.82) is 0 Å². The molecule has 0 saturated carbocycles. The number of fused-ring (bicyclic) bond motifs is 1. The Morgan fingerprint density at radius 3 is 2.62 bits per heavy atom. The van der Waals surface area contributed by atoms with Gasteiger partial charge in [-0.2, -0.15) is 0 Å². The van der Waals surface area contributed by atoms with Crippen molar-refractivity contribution in [2.45, 2.75) is 26.4 Å². The number of rotatable bonds is 5. The number of nitrogens with zero attached hydrogens (tertiary/aromatic N) is 1. The molecule has 2 aromatic carbocycles. The first kappa shape index (κ1) is 16.5. The molecule has 0 bridgehead atoms. The fourth-order valence-corrected chi connectivity index (χ4v) is 3.11. The lowest BCUT2D eigenvalue weighted by Crippen LogP contribution is -2.30. The van der Waals surface area contributed by atoms with Gasteiger partial charge in [0.2, 0.25) is 0 Å². The van der Waals surface area contributed by atoms with Crippen LogP contribution in [-0.4, -0.2) is 31.1 Å². The van der Waals surface area contributed by atoms with Gasteiger partial charge in [0, 0.05) is 19.6 Å². The zero-order chi connectivity index (χ0) is 16.9. The van der Waals surface area contributed by atoms with Gasteiger partial charge in [-0.15, -0.1) is 0 Å². The highest BCUT2D eigenvalue weighted by Crippen LogP contribution is 2.25. The van der Waals surface area contributed by atoms with E-state index >= 15 is 0 Å². The highest BCUT2D eigenvalue weighted by Gasteiger charge is 2.17. The van der Waals surface area contributed by atoms with E-state index in [-0.39, 0.29) is 5.97 Å². The first-order chi connectivity index (χ1) is 11.7. The second kappa shape index (κ2) is 7.49. The van der Waals surface area contributed by atoms with Gasteiger partial charge in [-0.1, -0.05) is 18.2 Å². The van der Waals surface area contributed by atoms with E-state index in [1.54, 1.807) is 0 Å². The number of carbonyl (C=O) groups excluding carboxylic acids is 1. The van der Waals surface area contributed by atoms with Gasteiger partial charge >= 0.3 is 5.97 Å². The molecule has 0 aliphatic carbocycles. The number of benzene rings is 2. The monoisotopic (exact) mass is 325 g/mol. The van der Waals surface area contributed by atoms with E-state index in [1.165, 1.54) is 23.8 Å². The minimum atomic E-state index is -0.295. The lowest BCUT2D eigenvalue weighted by molar-refractivity contribution is 0.0600. The van der Waals surface area contributed by atoms with E-state index in [9.17, 15) is 4.79 Å². The average molecular weight is 325 g/mol. The smallest absolute Gasteiger partial charge is 0.337 e. The molecule has 0 saturated heterocycles. The van der Waals surface area contributed by atoms with Crippen molar-refractivity contribution in [3.8, 4) is 5.75 Å². The summed E-state index contributed by atoms with van der Waals surface area (Å²) in [6.07, 6.45) is 1.06. The Kier molecular flexibility index (Phi) is 5.16. The Morgan fingerprint density at radius 1 is 1.12 bits per heavy atom. The molecule has 4 heteroatoms. The zero-order valence-electron chi connectivity index (χ0n) is 14.2. The lowest BCUT2D eigenvalue weighted by Gasteiger charge is -2.29. The molecule has 126 valence electrons. The van der Waals surface area contributed by atoms with Crippen LogP contribution in [-0.2, 0) is 24.2 Å². The lowest BCUT2D eigenvalue weighted by atomic mass is 9.99. The van der Waals surface area contributed by atoms with Gasteiger partial charge in [0.15, 0.2) is 0 Å². The van der Waals surface area contributed by atoms with Gasteiger partial charge in [0.25, 0.3) is 0 Å². The number of hydrogen-bond acceptors (Lipinski definition) is 4. The maximum absolute atomic E-state index is 11.5. The molecule has 1 heterocycles. The highest BCUT2D eigenvalue weighted by atomic mass is 16.5. The van der Waals surface area contributed by atoms with Crippen molar-refractivity contribution in [3.05, 3.63) is 64.7 Å². The van der Waals surface area contributed by atoms with Crippen molar-refractivity contribution < 1.29 is 14.3 Å². The predicted molar refractivity (Wildman–Crippen MR) is 93.2 cm³/mol. The third kappa shape index (κ3) is 3.77. The average Bonchev–Trinajstić information content (AvgIpc) is 2.62. The molecule has 0 N–H and O–H groups in total. The molecule has 1 aliphatic heterocycles. The molecule has 1 aliphatic rings. The van der Waals surface area contributed by atoms with Crippen LogP contribution >= 0.6 is 0 Å². The maximum Gasteiger partial charge on any atom is 0.337 e. The Balaban J connectivity index is 1.67. The summed E-state index contributed by atoms with van der Waals surface area (Å²) < 4.78 is 10.3. The van der Waals surface area contributed by atoms with Crippen molar-refractivity contribution in [3.63, 3.8) is 0 Å². The Labute approximate surface area is 143 Å². The number of esters is 1. The first-order valence-corrected chi connectivity index (χ1v) is 8.34. The number of hydrogen-bond donors (Lipinski definition) is 0. The fourth-order valence-electron chi connectivity index (χ4n) is 3.11. The standard InChI is InChI=1S/C20H23NO3/c1-3-24-19-9-8-16-10-11-21(14-18(16)12-19)13-15-4-6-17(7-5-15)20(22)23-2/h4-9,12H,3,10-11,13-14H2,1-2H3. The molecule has 3 rings (SSSR count). The Morgan fingerprint density at radius 2 is 1.92 bits per heavy atom. The summed E-state index contributed by atoms with van der Waals surface area (Å²) in [5.74, 6) is 0.650. The first-order valence-electron chi connectivity index (χ1n) is 8.34. The molecule has 0 unspecified atom stereocenters. The van der Waals surface area contributed by atoms with Crippen LogP contribution in [0.25, 0.3) is 0 Å². The minimum Gasteiger partial charge on any atom is -0.494 e. The summed E-state index contributed by atoms with van der Waals surface area (Å²) in [6, 6.07) is 14.0. The normalized spacial score (nSPS) is 14.1. The summed E-state index contributed by atoms with van der Waals surface area (Å²) in [7, 11) is 1.40. The van der Waals surface area contributed by atoms with Crippen molar-refractivity contribution in [2.75, 3.05) is 20.3 Å². The van der Waals surface area contributed by atoms with Crippen LogP contribution in [0.2, 0.25) is 0 Å². The quantitative estimate of drug-likeness (QED) is 0.790. The molecule has 0 aromatic heterocycles. The number of methoxy groups -OCH3 is 1. The van der Waals surface area contributed by atoms with Crippen LogP contribution in [0.15, 0.2) is 42.5 Å². The van der Waals surface area contributed by atoms with E-state index in [4.69, 9.17) is 9.47 Å². The molecule has 4 nitrogen and oxygen atoms in total. The van der Waals surface area contributed by atoms with Crippen LogP contribution in [0.1, 0.15) is 34.0 Å². The van der Waals surface area contributed by atoms with Crippen LogP contribution in [0.5, 0.6) is 5.75 Å². The molecule has 0 spiro atoms. The van der Waals surface area contributed by atoms with Crippen molar-refractivity contribution in [2.24, 2.45) is 0 Å². The van der Waals surface area contributed by atoms with E-state index in [0.717, 1.165) is 31.8 Å². The fraction of sp³-hybridized carbons (Fsp3) is 0.350. The number of ether oxygens (including phenoxy) is 2. The summed E-state index contributed by atoms with van der Waals surface area (Å²) in [6.45, 7) is 5.53. The van der Waals surface area contributed by atoms with Crippen molar-refractivity contribution >= 4 is 5.97 Å². The summed E-state index contributed by atoms with van der Waals surface area (Å²) >= 11 is 0. The highest BCUT2D eigenvalue weighted by molar-refractivity contribution is 5.89. The van der Waals surface area contributed by atoms with Crippen LogP contribution < -0.4 is 4.74 Å². The van der Waals surface area contributed by atoms with E-state index in [0.29, 0.717) is 12.2 Å². The van der Waals surface area contributed by atoms with Crippen molar-refractivity contribution in [1.82, 2.24) is 4.90 Å². The third-order valence-electron chi connectivity index (χ3n) is 4.36. The minimum absolute atomic E-state index is 0.295. The van der Waals surface area contributed by atoms with Gasteiger partial charge in [0.05, 0.1) is 19.3 Å². The molecule has 2 aromatic rings. The van der Waals surface area contributed by atoms with Crippen LogP contribution in [0.3, 0.4) is 0 Å². The Bertz CT molecular complexity index is 709. The van der Waals surface area contributed by atoms with E-state index in [2.05, 4.69) is 23.1 Å². The molecule has 0 fully saturated rings. The van der Waals surface area contributed by atoms with E-state index < -0.39 is 0 Å². The second-order valence-corrected chi connectivity index (χ2v) is 6.01. The largest absolute Gasteiger partial charge is 0.494 e. The van der Waals surface area contributed by atoms with Crippen LogP contribution in [0.4, 0.5) is 0 Å².